The number of sulfonamides is 1. The molecule has 2 rings (SSSR count). The number of halogens is 3. The van der Waals surface area contributed by atoms with E-state index in [1.807, 2.05) is 0 Å². The standard InChI is InChI=1S/C12H16F3N3O2S/c13-12(14,15)8-3-5-18(6-4-8)11-7-9(21(17,19)20)1-2-10(11)16/h1-2,7-8H,3-6,16H2,(H2,17,19,20). The van der Waals surface area contributed by atoms with Crippen LogP contribution in [0.4, 0.5) is 24.5 Å². The third kappa shape index (κ3) is 3.59. The summed E-state index contributed by atoms with van der Waals surface area (Å²) in [6.07, 6.45) is -4.27. The second-order valence-corrected chi connectivity index (χ2v) is 6.63. The summed E-state index contributed by atoms with van der Waals surface area (Å²) >= 11 is 0. The Morgan fingerprint density at radius 2 is 1.76 bits per heavy atom. The molecule has 21 heavy (non-hydrogen) atoms. The number of benzene rings is 1. The molecule has 9 heteroatoms. The highest BCUT2D eigenvalue weighted by molar-refractivity contribution is 7.89. The Kier molecular flexibility index (Phi) is 4.07. The zero-order valence-corrected chi connectivity index (χ0v) is 11.9. The first kappa shape index (κ1) is 15.9. The van der Waals surface area contributed by atoms with Gasteiger partial charge in [0.1, 0.15) is 0 Å². The molecule has 1 aromatic carbocycles. The fraction of sp³-hybridized carbons (Fsp3) is 0.500. The van der Waals surface area contributed by atoms with Crippen molar-refractivity contribution >= 4 is 21.4 Å². The Morgan fingerprint density at radius 1 is 1.19 bits per heavy atom. The van der Waals surface area contributed by atoms with Crippen LogP contribution in [0.2, 0.25) is 0 Å². The third-order valence-electron chi connectivity index (χ3n) is 3.63. The molecular formula is C12H16F3N3O2S. The highest BCUT2D eigenvalue weighted by atomic mass is 32.2. The van der Waals surface area contributed by atoms with Crippen LogP contribution in [0, 0.1) is 5.92 Å². The lowest BCUT2D eigenvalue weighted by molar-refractivity contribution is -0.179. The van der Waals surface area contributed by atoms with E-state index in [-0.39, 0.29) is 30.8 Å². The minimum Gasteiger partial charge on any atom is -0.397 e. The van der Waals surface area contributed by atoms with Gasteiger partial charge in [-0.25, -0.2) is 13.6 Å². The molecule has 4 N–H and O–H groups in total. The Labute approximate surface area is 120 Å². The predicted molar refractivity (Wildman–Crippen MR) is 73.2 cm³/mol. The second kappa shape index (κ2) is 5.38. The van der Waals surface area contributed by atoms with E-state index in [2.05, 4.69) is 0 Å². The van der Waals surface area contributed by atoms with Gasteiger partial charge in [0.05, 0.1) is 22.2 Å². The molecular weight excluding hydrogens is 307 g/mol. The first-order chi connectivity index (χ1) is 9.59. The van der Waals surface area contributed by atoms with Crippen LogP contribution in [-0.4, -0.2) is 27.7 Å². The smallest absolute Gasteiger partial charge is 0.391 e. The maximum Gasteiger partial charge on any atom is 0.391 e. The van der Waals surface area contributed by atoms with Crippen molar-refractivity contribution in [2.75, 3.05) is 23.7 Å². The topological polar surface area (TPSA) is 89.4 Å². The fourth-order valence-corrected chi connectivity index (χ4v) is 2.96. The molecule has 5 nitrogen and oxygen atoms in total. The van der Waals surface area contributed by atoms with E-state index in [1.165, 1.54) is 18.2 Å². The summed E-state index contributed by atoms with van der Waals surface area (Å²) in [5, 5.41) is 5.05. The van der Waals surface area contributed by atoms with Gasteiger partial charge in [0.2, 0.25) is 10.0 Å². The monoisotopic (exact) mass is 323 g/mol. The van der Waals surface area contributed by atoms with Crippen LogP contribution in [0.1, 0.15) is 12.8 Å². The molecule has 0 bridgehead atoms. The Bertz CT molecular complexity index is 623. The number of rotatable bonds is 2. The van der Waals surface area contributed by atoms with Crippen molar-refractivity contribution in [2.45, 2.75) is 23.9 Å². The molecule has 1 saturated heterocycles. The Morgan fingerprint density at radius 3 is 2.24 bits per heavy atom. The van der Waals surface area contributed by atoms with Crippen molar-refractivity contribution in [2.24, 2.45) is 11.1 Å². The maximum atomic E-state index is 12.6. The molecule has 0 atom stereocenters. The van der Waals surface area contributed by atoms with E-state index in [9.17, 15) is 21.6 Å². The molecule has 0 aliphatic carbocycles. The van der Waals surface area contributed by atoms with Gasteiger partial charge < -0.3 is 10.6 Å². The highest BCUT2D eigenvalue weighted by Gasteiger charge is 2.41. The first-order valence-corrected chi connectivity index (χ1v) is 7.87. The van der Waals surface area contributed by atoms with Crippen molar-refractivity contribution in [3.63, 3.8) is 0 Å². The first-order valence-electron chi connectivity index (χ1n) is 6.33. The number of nitrogen functional groups attached to an aromatic ring is 1. The second-order valence-electron chi connectivity index (χ2n) is 5.07. The Balaban J connectivity index is 2.21. The molecule has 1 aromatic rings. The van der Waals surface area contributed by atoms with Crippen LogP contribution < -0.4 is 15.8 Å². The van der Waals surface area contributed by atoms with E-state index >= 15 is 0 Å². The lowest BCUT2D eigenvalue weighted by atomic mass is 9.96. The van der Waals surface area contributed by atoms with Crippen molar-refractivity contribution < 1.29 is 21.6 Å². The minimum absolute atomic E-state index is 0.0391. The van der Waals surface area contributed by atoms with Crippen molar-refractivity contribution in [3.8, 4) is 0 Å². The van der Waals surface area contributed by atoms with E-state index < -0.39 is 22.1 Å². The molecule has 118 valence electrons. The lowest BCUT2D eigenvalue weighted by Gasteiger charge is -2.35. The van der Waals surface area contributed by atoms with E-state index in [0.29, 0.717) is 11.4 Å². The van der Waals surface area contributed by atoms with Crippen molar-refractivity contribution in [1.82, 2.24) is 0 Å². The molecule has 1 aliphatic rings. The van der Waals surface area contributed by atoms with Crippen LogP contribution in [0.3, 0.4) is 0 Å². The zero-order chi connectivity index (χ0) is 15.8. The Hall–Kier alpha value is -1.48. The minimum atomic E-state index is -4.19. The van der Waals surface area contributed by atoms with Gasteiger partial charge in [-0.15, -0.1) is 0 Å². The van der Waals surface area contributed by atoms with E-state index in [4.69, 9.17) is 10.9 Å². The molecule has 0 radical (unpaired) electrons. The van der Waals surface area contributed by atoms with Crippen LogP contribution in [-0.2, 0) is 10.0 Å². The SMILES string of the molecule is Nc1ccc(S(N)(=O)=O)cc1N1CCC(C(F)(F)F)CC1. The van der Waals surface area contributed by atoms with E-state index in [1.54, 1.807) is 4.90 Å². The zero-order valence-electron chi connectivity index (χ0n) is 11.1. The molecule has 1 aliphatic heterocycles. The summed E-state index contributed by atoms with van der Waals surface area (Å²) in [4.78, 5) is 1.55. The van der Waals surface area contributed by atoms with Crippen LogP contribution in [0.5, 0.6) is 0 Å². The summed E-state index contributed by atoms with van der Waals surface area (Å²) in [7, 11) is -3.88. The summed E-state index contributed by atoms with van der Waals surface area (Å²) in [6, 6.07) is 3.97. The number of hydrogen-bond donors (Lipinski definition) is 2. The van der Waals surface area contributed by atoms with Gasteiger partial charge in [-0.2, -0.15) is 13.2 Å². The molecule has 0 aromatic heterocycles. The molecule has 1 heterocycles. The summed E-state index contributed by atoms with van der Waals surface area (Å²) in [6.45, 7) is 0.338. The van der Waals surface area contributed by atoms with Crippen LogP contribution in [0.25, 0.3) is 0 Å². The van der Waals surface area contributed by atoms with Gasteiger partial charge in [0, 0.05) is 13.1 Å². The number of nitrogens with zero attached hydrogens (tertiary/aromatic N) is 1. The molecule has 0 unspecified atom stereocenters. The summed E-state index contributed by atoms with van der Waals surface area (Å²) in [5.74, 6) is -1.32. The summed E-state index contributed by atoms with van der Waals surface area (Å²) in [5.41, 5.74) is 6.50. The molecule has 0 spiro atoms. The maximum absolute atomic E-state index is 12.6. The number of hydrogen-bond acceptors (Lipinski definition) is 4. The van der Waals surface area contributed by atoms with Crippen LogP contribution in [0.15, 0.2) is 23.1 Å². The molecule has 1 fully saturated rings. The van der Waals surface area contributed by atoms with Crippen molar-refractivity contribution in [3.05, 3.63) is 18.2 Å². The van der Waals surface area contributed by atoms with Gasteiger partial charge in [-0.3, -0.25) is 0 Å². The number of anilines is 2. The lowest BCUT2D eigenvalue weighted by Crippen LogP contribution is -2.39. The van der Waals surface area contributed by atoms with Gasteiger partial charge >= 0.3 is 6.18 Å². The largest absolute Gasteiger partial charge is 0.397 e. The van der Waals surface area contributed by atoms with Crippen LogP contribution >= 0.6 is 0 Å². The average Bonchev–Trinajstić information content (AvgIpc) is 2.37. The van der Waals surface area contributed by atoms with Gasteiger partial charge in [-0.05, 0) is 31.0 Å². The van der Waals surface area contributed by atoms with Gasteiger partial charge in [0.25, 0.3) is 0 Å². The van der Waals surface area contributed by atoms with Gasteiger partial charge in [0.15, 0.2) is 0 Å². The average molecular weight is 323 g/mol. The number of primary sulfonamides is 1. The third-order valence-corrected chi connectivity index (χ3v) is 4.54. The molecule has 0 amide bonds. The van der Waals surface area contributed by atoms with Crippen molar-refractivity contribution in [1.29, 1.82) is 0 Å². The quantitative estimate of drug-likeness (QED) is 0.811. The summed E-state index contributed by atoms with van der Waals surface area (Å²) < 4.78 is 60.6. The normalized spacial score (nSPS) is 18.0. The number of alkyl halides is 3. The predicted octanol–water partition coefficient (Wildman–Crippen LogP) is 1.69. The highest BCUT2D eigenvalue weighted by Crippen LogP contribution is 2.37. The number of nitrogens with two attached hydrogens (primary N) is 2. The fourth-order valence-electron chi connectivity index (χ4n) is 2.42. The van der Waals surface area contributed by atoms with E-state index in [0.717, 1.165) is 0 Å². The van der Waals surface area contributed by atoms with Gasteiger partial charge in [-0.1, -0.05) is 0 Å². The molecule has 0 saturated carbocycles. The number of piperidine rings is 1.